The third-order valence-electron chi connectivity index (χ3n) is 5.10. The fraction of sp³-hybridized carbons (Fsp3) is 0.700. The largest absolute Gasteiger partial charge is 0.307 e. The minimum Gasteiger partial charge on any atom is -0.307 e. The Kier molecular flexibility index (Phi) is 4.82. The second kappa shape index (κ2) is 6.12. The summed E-state index contributed by atoms with van der Waals surface area (Å²) in [7, 11) is 0. The van der Waals surface area contributed by atoms with Gasteiger partial charge in [0.25, 0.3) is 0 Å². The Morgan fingerprint density at radius 3 is 2.05 bits per heavy atom. The Hall–Kier alpha value is -0.820. The molecule has 1 fully saturated rings. The summed E-state index contributed by atoms with van der Waals surface area (Å²) in [6, 6.07) is 10.3. The summed E-state index contributed by atoms with van der Waals surface area (Å²) >= 11 is 0. The molecule has 0 heterocycles. The van der Waals surface area contributed by atoms with E-state index in [1.807, 2.05) is 0 Å². The highest BCUT2D eigenvalue weighted by Crippen LogP contribution is 2.35. The van der Waals surface area contributed by atoms with Crippen LogP contribution in [0.15, 0.2) is 24.3 Å². The Labute approximate surface area is 131 Å². The van der Waals surface area contributed by atoms with Crippen molar-refractivity contribution in [3.8, 4) is 0 Å². The van der Waals surface area contributed by atoms with Crippen LogP contribution >= 0.6 is 0 Å². The van der Waals surface area contributed by atoms with E-state index in [2.05, 4.69) is 71.1 Å². The molecule has 1 nitrogen and oxygen atoms in total. The van der Waals surface area contributed by atoms with E-state index in [-0.39, 0.29) is 5.41 Å². The zero-order valence-corrected chi connectivity index (χ0v) is 14.8. The van der Waals surface area contributed by atoms with Crippen molar-refractivity contribution >= 4 is 0 Å². The van der Waals surface area contributed by atoms with Gasteiger partial charge in [-0.05, 0) is 54.6 Å². The molecule has 1 unspecified atom stereocenters. The van der Waals surface area contributed by atoms with Gasteiger partial charge in [-0.1, -0.05) is 58.9 Å². The van der Waals surface area contributed by atoms with Crippen LogP contribution in [-0.4, -0.2) is 6.04 Å². The van der Waals surface area contributed by atoms with E-state index in [4.69, 9.17) is 0 Å². The molecule has 1 N–H and O–H groups in total. The van der Waals surface area contributed by atoms with Crippen molar-refractivity contribution in [3.05, 3.63) is 35.4 Å². The molecule has 0 radical (unpaired) electrons. The van der Waals surface area contributed by atoms with Crippen LogP contribution in [-0.2, 0) is 5.41 Å². The van der Waals surface area contributed by atoms with E-state index >= 15 is 0 Å². The molecule has 118 valence electrons. The van der Waals surface area contributed by atoms with E-state index in [1.165, 1.54) is 36.8 Å². The summed E-state index contributed by atoms with van der Waals surface area (Å²) in [6.07, 6.45) is 5.33. The van der Waals surface area contributed by atoms with Crippen LogP contribution in [0.4, 0.5) is 0 Å². The minimum absolute atomic E-state index is 0.240. The maximum Gasteiger partial charge on any atom is 0.0294 e. The molecule has 0 amide bonds. The van der Waals surface area contributed by atoms with Gasteiger partial charge in [0.1, 0.15) is 0 Å². The Morgan fingerprint density at radius 2 is 1.57 bits per heavy atom. The predicted octanol–water partition coefficient (Wildman–Crippen LogP) is 5.60. The SMILES string of the molecule is CC(NC1CCC(C)(C)CC1)c1ccc(C(C)(C)C)cc1. The average Bonchev–Trinajstić information content (AvgIpc) is 2.40. The molecular weight excluding hydrogens is 254 g/mol. The first kappa shape index (κ1) is 16.5. The molecule has 1 aromatic carbocycles. The fourth-order valence-electron chi connectivity index (χ4n) is 3.29. The quantitative estimate of drug-likeness (QED) is 0.762. The van der Waals surface area contributed by atoms with E-state index in [0.717, 1.165) is 0 Å². The van der Waals surface area contributed by atoms with E-state index in [1.54, 1.807) is 0 Å². The molecule has 1 heteroatoms. The highest BCUT2D eigenvalue weighted by atomic mass is 14.9. The predicted molar refractivity (Wildman–Crippen MR) is 92.7 cm³/mol. The van der Waals surface area contributed by atoms with Crippen LogP contribution in [0.3, 0.4) is 0 Å². The van der Waals surface area contributed by atoms with Crippen molar-refractivity contribution in [2.75, 3.05) is 0 Å². The lowest BCUT2D eigenvalue weighted by molar-refractivity contribution is 0.200. The van der Waals surface area contributed by atoms with Crippen LogP contribution in [0, 0.1) is 5.41 Å². The maximum absolute atomic E-state index is 3.83. The van der Waals surface area contributed by atoms with Crippen molar-refractivity contribution in [1.82, 2.24) is 5.32 Å². The van der Waals surface area contributed by atoms with Crippen molar-refractivity contribution in [2.45, 2.75) is 84.7 Å². The van der Waals surface area contributed by atoms with Crippen molar-refractivity contribution in [2.24, 2.45) is 5.41 Å². The first-order valence-electron chi connectivity index (χ1n) is 8.54. The first-order valence-corrected chi connectivity index (χ1v) is 8.54. The number of benzene rings is 1. The van der Waals surface area contributed by atoms with E-state index < -0.39 is 0 Å². The van der Waals surface area contributed by atoms with Gasteiger partial charge >= 0.3 is 0 Å². The molecule has 2 rings (SSSR count). The van der Waals surface area contributed by atoms with Gasteiger partial charge in [0, 0.05) is 12.1 Å². The molecule has 21 heavy (non-hydrogen) atoms. The molecule has 0 spiro atoms. The lowest BCUT2D eigenvalue weighted by atomic mass is 9.75. The third kappa shape index (κ3) is 4.57. The van der Waals surface area contributed by atoms with Crippen molar-refractivity contribution < 1.29 is 0 Å². The average molecular weight is 287 g/mol. The monoisotopic (exact) mass is 287 g/mol. The highest BCUT2D eigenvalue weighted by molar-refractivity contribution is 5.29. The van der Waals surface area contributed by atoms with Gasteiger partial charge in [0.05, 0.1) is 0 Å². The Balaban J connectivity index is 1.93. The molecule has 1 atom stereocenters. The van der Waals surface area contributed by atoms with Crippen LogP contribution in [0.5, 0.6) is 0 Å². The molecule has 1 aromatic rings. The van der Waals surface area contributed by atoms with Gasteiger partial charge in [-0.3, -0.25) is 0 Å². The van der Waals surface area contributed by atoms with Gasteiger partial charge in [-0.25, -0.2) is 0 Å². The van der Waals surface area contributed by atoms with Crippen LogP contribution in [0.25, 0.3) is 0 Å². The lowest BCUT2D eigenvalue weighted by Crippen LogP contribution is -2.37. The summed E-state index contributed by atoms with van der Waals surface area (Å²) in [4.78, 5) is 0. The molecule has 1 aliphatic rings. The number of nitrogens with one attached hydrogen (secondary N) is 1. The molecule has 0 aromatic heterocycles. The smallest absolute Gasteiger partial charge is 0.0294 e. The molecule has 0 aliphatic heterocycles. The molecule has 0 saturated heterocycles. The lowest BCUT2D eigenvalue weighted by Gasteiger charge is -2.36. The second-order valence-corrected chi connectivity index (χ2v) is 8.70. The molecular formula is C20H33N. The van der Waals surface area contributed by atoms with Crippen LogP contribution in [0.2, 0.25) is 0 Å². The summed E-state index contributed by atoms with van der Waals surface area (Å²) in [5.41, 5.74) is 3.62. The van der Waals surface area contributed by atoms with Crippen molar-refractivity contribution in [3.63, 3.8) is 0 Å². The zero-order chi connectivity index (χ0) is 15.7. The van der Waals surface area contributed by atoms with E-state index in [9.17, 15) is 0 Å². The van der Waals surface area contributed by atoms with Gasteiger partial charge in [-0.15, -0.1) is 0 Å². The highest BCUT2D eigenvalue weighted by Gasteiger charge is 2.27. The topological polar surface area (TPSA) is 12.0 Å². The summed E-state index contributed by atoms with van der Waals surface area (Å²) in [6.45, 7) is 13.9. The molecule has 1 aliphatic carbocycles. The number of rotatable bonds is 3. The number of hydrogen-bond acceptors (Lipinski definition) is 1. The van der Waals surface area contributed by atoms with Gasteiger partial charge < -0.3 is 5.32 Å². The normalized spacial score (nSPS) is 21.2. The Morgan fingerprint density at radius 1 is 1.05 bits per heavy atom. The summed E-state index contributed by atoms with van der Waals surface area (Å²) < 4.78 is 0. The standard InChI is InChI=1S/C20H33N/c1-15(21-18-11-13-20(5,6)14-12-18)16-7-9-17(10-8-16)19(2,3)4/h7-10,15,18,21H,11-14H2,1-6H3. The fourth-order valence-corrected chi connectivity index (χ4v) is 3.29. The van der Waals surface area contributed by atoms with Gasteiger partial charge in [0.15, 0.2) is 0 Å². The second-order valence-electron chi connectivity index (χ2n) is 8.70. The Bertz CT molecular complexity index is 440. The van der Waals surface area contributed by atoms with Gasteiger partial charge in [-0.2, -0.15) is 0 Å². The zero-order valence-electron chi connectivity index (χ0n) is 14.8. The van der Waals surface area contributed by atoms with Gasteiger partial charge in [0.2, 0.25) is 0 Å². The van der Waals surface area contributed by atoms with Crippen LogP contribution in [0.1, 0.15) is 84.4 Å². The summed E-state index contributed by atoms with van der Waals surface area (Å²) in [5.74, 6) is 0. The summed E-state index contributed by atoms with van der Waals surface area (Å²) in [5, 5.41) is 3.83. The molecule has 0 bridgehead atoms. The minimum atomic E-state index is 0.240. The maximum atomic E-state index is 3.83. The molecule has 1 saturated carbocycles. The van der Waals surface area contributed by atoms with E-state index in [0.29, 0.717) is 17.5 Å². The van der Waals surface area contributed by atoms with Crippen LogP contribution < -0.4 is 5.32 Å². The first-order chi connectivity index (χ1) is 9.67. The van der Waals surface area contributed by atoms with Crippen molar-refractivity contribution in [1.29, 1.82) is 0 Å². The third-order valence-corrected chi connectivity index (χ3v) is 5.10. The number of hydrogen-bond donors (Lipinski definition) is 1.